The highest BCUT2D eigenvalue weighted by molar-refractivity contribution is 5.94. The first-order chi connectivity index (χ1) is 15.5. The van der Waals surface area contributed by atoms with Gasteiger partial charge in [0.2, 0.25) is 5.91 Å². The smallest absolute Gasteiger partial charge is 0.251 e. The van der Waals surface area contributed by atoms with Crippen LogP contribution in [0.2, 0.25) is 0 Å². The third-order valence-corrected chi connectivity index (χ3v) is 7.29. The topological polar surface area (TPSA) is 194 Å². The third kappa shape index (κ3) is 2.70. The molecule has 9 N–H and O–H groups in total. The summed E-state index contributed by atoms with van der Waals surface area (Å²) in [6.45, 7) is -0.927. The number of benzene rings is 2. The molecular weight excluding hydrogens is 432 g/mol. The van der Waals surface area contributed by atoms with E-state index < -0.39 is 53.4 Å². The second-order valence-corrected chi connectivity index (χ2v) is 8.66. The number of primary amides is 1. The molecule has 10 nitrogen and oxygen atoms in total. The van der Waals surface area contributed by atoms with E-state index in [0.29, 0.717) is 11.1 Å². The van der Waals surface area contributed by atoms with Crippen LogP contribution in [0.25, 0.3) is 0 Å². The van der Waals surface area contributed by atoms with E-state index in [1.54, 1.807) is 0 Å². The van der Waals surface area contributed by atoms with Crippen LogP contribution in [0.4, 0.5) is 0 Å². The molecule has 7 atom stereocenters. The summed E-state index contributed by atoms with van der Waals surface area (Å²) >= 11 is 0. The summed E-state index contributed by atoms with van der Waals surface area (Å²) in [7, 11) is 1.47. The minimum atomic E-state index is -2.45. The minimum absolute atomic E-state index is 0.162. The van der Waals surface area contributed by atoms with Gasteiger partial charge in [-0.3, -0.25) is 9.59 Å². The van der Waals surface area contributed by atoms with Crippen LogP contribution in [0.15, 0.2) is 48.5 Å². The molecule has 10 heteroatoms. The fourth-order valence-electron chi connectivity index (χ4n) is 5.64. The van der Waals surface area contributed by atoms with Crippen LogP contribution in [0.1, 0.15) is 43.7 Å². The molecule has 2 amide bonds. The normalized spacial score (nSPS) is 35.5. The Bertz CT molecular complexity index is 1090. The summed E-state index contributed by atoms with van der Waals surface area (Å²) < 4.78 is 0. The van der Waals surface area contributed by atoms with Crippen molar-refractivity contribution in [3.63, 3.8) is 0 Å². The van der Waals surface area contributed by atoms with Gasteiger partial charge in [-0.2, -0.15) is 0 Å². The van der Waals surface area contributed by atoms with E-state index >= 15 is 0 Å². The molecule has 0 spiro atoms. The van der Waals surface area contributed by atoms with Crippen molar-refractivity contribution in [3.8, 4) is 0 Å². The molecule has 33 heavy (non-hydrogen) atoms. The number of amides is 2. The molecule has 2 fully saturated rings. The lowest BCUT2D eigenvalue weighted by molar-refractivity contribution is -0.459. The van der Waals surface area contributed by atoms with Crippen LogP contribution in [-0.4, -0.2) is 85.1 Å². The Labute approximate surface area is 188 Å². The molecule has 0 radical (unpaired) electrons. The van der Waals surface area contributed by atoms with Gasteiger partial charge in [0.1, 0.15) is 22.9 Å². The number of hydrogen-bond acceptors (Lipinski definition) is 8. The maximum absolute atomic E-state index is 11.8. The van der Waals surface area contributed by atoms with E-state index in [4.69, 9.17) is 5.73 Å². The SMILES string of the molecule is CNC(=O)c1ccc(C2C(O)[C@@]3(O)C(c4ccc(C(N)=O)cc4)[C@@](O)([C@H](O)CO)[C@@]23O)cc1. The molecule has 176 valence electrons. The molecule has 0 bridgehead atoms. The summed E-state index contributed by atoms with van der Waals surface area (Å²) in [4.78, 5) is 23.2. The summed E-state index contributed by atoms with van der Waals surface area (Å²) in [5.41, 5.74) is -0.886. The van der Waals surface area contributed by atoms with Gasteiger partial charge in [0.15, 0.2) is 0 Å². The fraction of sp³-hybridized carbons (Fsp3) is 0.391. The van der Waals surface area contributed by atoms with Crippen molar-refractivity contribution in [2.45, 2.75) is 40.8 Å². The molecule has 2 aliphatic carbocycles. The monoisotopic (exact) mass is 458 g/mol. The zero-order valence-electron chi connectivity index (χ0n) is 17.7. The largest absolute Gasteiger partial charge is 0.394 e. The van der Waals surface area contributed by atoms with Gasteiger partial charge in [-0.1, -0.05) is 24.3 Å². The van der Waals surface area contributed by atoms with Crippen molar-refractivity contribution in [3.05, 3.63) is 70.8 Å². The van der Waals surface area contributed by atoms with Gasteiger partial charge in [-0.25, -0.2) is 0 Å². The first kappa shape index (κ1) is 23.3. The molecule has 2 saturated carbocycles. The molecule has 2 aliphatic rings. The van der Waals surface area contributed by atoms with Gasteiger partial charge < -0.3 is 41.7 Å². The maximum atomic E-state index is 11.8. The van der Waals surface area contributed by atoms with Crippen LogP contribution in [0.3, 0.4) is 0 Å². The van der Waals surface area contributed by atoms with Crippen LogP contribution < -0.4 is 11.1 Å². The van der Waals surface area contributed by atoms with Crippen molar-refractivity contribution in [2.24, 2.45) is 5.73 Å². The third-order valence-electron chi connectivity index (χ3n) is 7.29. The van der Waals surface area contributed by atoms with Crippen LogP contribution in [-0.2, 0) is 0 Å². The summed E-state index contributed by atoms with van der Waals surface area (Å²) in [5.74, 6) is -3.66. The maximum Gasteiger partial charge on any atom is 0.251 e. The highest BCUT2D eigenvalue weighted by atomic mass is 16.5. The Morgan fingerprint density at radius 2 is 1.52 bits per heavy atom. The number of aliphatic hydroxyl groups is 6. The Balaban J connectivity index is 1.77. The Hall–Kier alpha value is -2.86. The number of carbonyl (C=O) groups excluding carboxylic acids is 2. The molecule has 2 aromatic rings. The van der Waals surface area contributed by atoms with E-state index in [1.807, 2.05) is 0 Å². The van der Waals surface area contributed by atoms with E-state index in [0.717, 1.165) is 0 Å². The highest BCUT2D eigenvalue weighted by Gasteiger charge is 2.93. The Morgan fingerprint density at radius 3 is 2.00 bits per heavy atom. The molecule has 0 aromatic heterocycles. The van der Waals surface area contributed by atoms with E-state index in [-0.39, 0.29) is 17.0 Å². The molecule has 0 aliphatic heterocycles. The second kappa shape index (κ2) is 7.59. The molecule has 0 heterocycles. The minimum Gasteiger partial charge on any atom is -0.394 e. The zero-order valence-corrected chi connectivity index (χ0v) is 17.7. The lowest BCUT2D eigenvalue weighted by atomic mass is 9.30. The number of rotatable bonds is 6. The molecular formula is C23H26N2O8. The van der Waals surface area contributed by atoms with Gasteiger partial charge in [-0.05, 0) is 35.4 Å². The number of carbonyl (C=O) groups is 2. The number of aliphatic hydroxyl groups excluding tert-OH is 3. The predicted octanol–water partition coefficient (Wildman–Crippen LogP) is -2.05. The Kier molecular flexibility index (Phi) is 5.36. The number of nitrogens with two attached hydrogens (primary N) is 1. The lowest BCUT2D eigenvalue weighted by Gasteiger charge is -2.80. The van der Waals surface area contributed by atoms with E-state index in [1.165, 1.54) is 55.6 Å². The standard InChI is InChI=1S/C23H26N2O8/c1-25-20(30)14-8-2-11(3-9-14)16-18(28)22(32)17(12-4-6-13(7-5-12)19(24)29)21(31,15(27)10-26)23(16,22)33/h2-9,15-18,26-28,31-33H,10H2,1H3,(H2,24,29)(H,25,30)/t15-,16?,17?,18?,21+,22+,23+/m1/s1. The molecule has 4 rings (SSSR count). The zero-order chi connectivity index (χ0) is 24.3. The molecule has 3 unspecified atom stereocenters. The van der Waals surface area contributed by atoms with Crippen molar-refractivity contribution in [1.29, 1.82) is 0 Å². The van der Waals surface area contributed by atoms with Gasteiger partial charge in [-0.15, -0.1) is 0 Å². The van der Waals surface area contributed by atoms with E-state index in [2.05, 4.69) is 5.32 Å². The van der Waals surface area contributed by atoms with Gasteiger partial charge in [0, 0.05) is 24.1 Å². The van der Waals surface area contributed by atoms with Gasteiger partial charge in [0.05, 0.1) is 18.6 Å². The highest BCUT2D eigenvalue weighted by Crippen LogP contribution is 2.75. The summed E-state index contributed by atoms with van der Waals surface area (Å²) in [5, 5.41) is 68.0. The molecule has 2 aromatic carbocycles. The number of nitrogens with one attached hydrogen (secondary N) is 1. The van der Waals surface area contributed by atoms with Gasteiger partial charge >= 0.3 is 0 Å². The predicted molar refractivity (Wildman–Crippen MR) is 114 cm³/mol. The first-order valence-corrected chi connectivity index (χ1v) is 10.4. The van der Waals surface area contributed by atoms with Crippen LogP contribution in [0, 0.1) is 0 Å². The summed E-state index contributed by atoms with van der Waals surface area (Å²) in [6.07, 6.45) is -3.43. The van der Waals surface area contributed by atoms with Crippen molar-refractivity contribution >= 4 is 11.8 Å². The second-order valence-electron chi connectivity index (χ2n) is 8.66. The van der Waals surface area contributed by atoms with Crippen molar-refractivity contribution in [1.82, 2.24) is 5.32 Å². The van der Waals surface area contributed by atoms with Gasteiger partial charge in [0.25, 0.3) is 5.91 Å². The van der Waals surface area contributed by atoms with Crippen LogP contribution >= 0.6 is 0 Å². The van der Waals surface area contributed by atoms with Crippen LogP contribution in [0.5, 0.6) is 0 Å². The van der Waals surface area contributed by atoms with Crippen molar-refractivity contribution in [2.75, 3.05) is 13.7 Å². The molecule has 0 saturated heterocycles. The first-order valence-electron chi connectivity index (χ1n) is 10.4. The summed E-state index contributed by atoms with van der Waals surface area (Å²) in [6, 6.07) is 11.3. The van der Waals surface area contributed by atoms with Crippen molar-refractivity contribution < 1.29 is 40.2 Å². The fourth-order valence-corrected chi connectivity index (χ4v) is 5.64. The Morgan fingerprint density at radius 1 is 1.00 bits per heavy atom. The number of hydrogen-bond donors (Lipinski definition) is 8. The average molecular weight is 458 g/mol. The quantitative estimate of drug-likeness (QED) is 0.242. The lowest BCUT2D eigenvalue weighted by Crippen LogP contribution is -2.99. The average Bonchev–Trinajstić information content (AvgIpc) is 2.83. The number of fused-ring (bicyclic) bond motifs is 1. The van der Waals surface area contributed by atoms with E-state index in [9.17, 15) is 40.2 Å².